The van der Waals surface area contributed by atoms with E-state index in [4.69, 9.17) is 4.98 Å². The standard InChI is InChI=1S/C23H23FN6OS/c1-30(2)13-12-25-22-20-19(11-14-32-20)28-21(29-22)15-3-7-17(8-4-15)26-23(31)27-18-9-5-16(24)6-10-18/h3-11,14H,12-13H2,1-2H3,(H,25,28,29)(H2,26,27,31). The lowest BCUT2D eigenvalue weighted by atomic mass is 10.2. The first-order valence-corrected chi connectivity index (χ1v) is 10.9. The molecule has 0 aliphatic rings. The molecule has 4 aromatic rings. The molecule has 164 valence electrons. The topological polar surface area (TPSA) is 82.2 Å². The molecule has 0 saturated carbocycles. The van der Waals surface area contributed by atoms with E-state index in [1.54, 1.807) is 23.5 Å². The van der Waals surface area contributed by atoms with Crippen molar-refractivity contribution in [3.63, 3.8) is 0 Å². The Bertz CT molecular complexity index is 1210. The van der Waals surface area contributed by atoms with Gasteiger partial charge in [-0.1, -0.05) is 0 Å². The van der Waals surface area contributed by atoms with Gasteiger partial charge in [-0.25, -0.2) is 19.2 Å². The summed E-state index contributed by atoms with van der Waals surface area (Å²) in [5.41, 5.74) is 2.87. The fraction of sp³-hybridized carbons (Fsp3) is 0.174. The van der Waals surface area contributed by atoms with Crippen LogP contribution in [0.3, 0.4) is 0 Å². The molecule has 32 heavy (non-hydrogen) atoms. The van der Waals surface area contributed by atoms with Gasteiger partial charge in [0.15, 0.2) is 5.82 Å². The number of anilines is 3. The maximum Gasteiger partial charge on any atom is 0.323 e. The average molecular weight is 451 g/mol. The third kappa shape index (κ3) is 5.37. The second-order valence-corrected chi connectivity index (χ2v) is 8.34. The normalized spacial score (nSPS) is 11.0. The molecule has 0 unspecified atom stereocenters. The van der Waals surface area contributed by atoms with Crippen LogP contribution in [0.15, 0.2) is 60.0 Å². The van der Waals surface area contributed by atoms with E-state index in [1.165, 1.54) is 24.3 Å². The Balaban J connectivity index is 1.47. The summed E-state index contributed by atoms with van der Waals surface area (Å²) in [5.74, 6) is 1.08. The monoisotopic (exact) mass is 450 g/mol. The number of hydrogen-bond donors (Lipinski definition) is 3. The zero-order valence-electron chi connectivity index (χ0n) is 17.7. The van der Waals surface area contributed by atoms with Gasteiger partial charge in [0.1, 0.15) is 11.6 Å². The van der Waals surface area contributed by atoms with Crippen molar-refractivity contribution >= 4 is 44.8 Å². The minimum atomic E-state index is -0.410. The van der Waals surface area contributed by atoms with Gasteiger partial charge in [-0.2, -0.15) is 0 Å². The molecule has 0 aliphatic heterocycles. The molecule has 4 rings (SSSR count). The number of benzene rings is 2. The average Bonchev–Trinajstić information content (AvgIpc) is 3.24. The van der Waals surface area contributed by atoms with E-state index in [-0.39, 0.29) is 5.82 Å². The fourth-order valence-electron chi connectivity index (χ4n) is 3.04. The van der Waals surface area contributed by atoms with E-state index in [0.29, 0.717) is 17.2 Å². The van der Waals surface area contributed by atoms with Crippen LogP contribution >= 0.6 is 11.3 Å². The molecular weight excluding hydrogens is 427 g/mol. The largest absolute Gasteiger partial charge is 0.367 e. The Morgan fingerprint density at radius 2 is 1.62 bits per heavy atom. The second-order valence-electron chi connectivity index (χ2n) is 7.42. The van der Waals surface area contributed by atoms with Gasteiger partial charge < -0.3 is 20.9 Å². The summed E-state index contributed by atoms with van der Waals surface area (Å²) >= 11 is 1.61. The van der Waals surface area contributed by atoms with Crippen molar-refractivity contribution in [3.8, 4) is 11.4 Å². The molecular formula is C23H23FN6OS. The highest BCUT2D eigenvalue weighted by molar-refractivity contribution is 7.17. The molecule has 2 amide bonds. The van der Waals surface area contributed by atoms with E-state index in [1.807, 2.05) is 37.7 Å². The Hall–Kier alpha value is -3.56. The van der Waals surface area contributed by atoms with Crippen LogP contribution in [0.4, 0.5) is 26.4 Å². The zero-order valence-corrected chi connectivity index (χ0v) is 18.5. The first-order valence-electron chi connectivity index (χ1n) is 10.1. The van der Waals surface area contributed by atoms with E-state index in [9.17, 15) is 9.18 Å². The molecule has 0 saturated heterocycles. The van der Waals surface area contributed by atoms with Crippen LogP contribution in [0.5, 0.6) is 0 Å². The van der Waals surface area contributed by atoms with Crippen molar-refractivity contribution in [2.75, 3.05) is 43.1 Å². The van der Waals surface area contributed by atoms with Crippen molar-refractivity contribution in [2.24, 2.45) is 0 Å². The van der Waals surface area contributed by atoms with Crippen LogP contribution in [-0.4, -0.2) is 48.1 Å². The molecule has 0 atom stereocenters. The number of aromatic nitrogens is 2. The van der Waals surface area contributed by atoms with Crippen molar-refractivity contribution in [2.45, 2.75) is 0 Å². The summed E-state index contributed by atoms with van der Waals surface area (Å²) in [6.07, 6.45) is 0. The van der Waals surface area contributed by atoms with E-state index >= 15 is 0 Å². The maximum atomic E-state index is 13.0. The van der Waals surface area contributed by atoms with Gasteiger partial charge in [-0.05, 0) is 74.1 Å². The molecule has 0 fully saturated rings. The van der Waals surface area contributed by atoms with Crippen molar-refractivity contribution < 1.29 is 9.18 Å². The highest BCUT2D eigenvalue weighted by Gasteiger charge is 2.11. The molecule has 3 N–H and O–H groups in total. The van der Waals surface area contributed by atoms with Crippen molar-refractivity contribution in [1.82, 2.24) is 14.9 Å². The highest BCUT2D eigenvalue weighted by Crippen LogP contribution is 2.29. The van der Waals surface area contributed by atoms with Gasteiger partial charge in [0.05, 0.1) is 10.2 Å². The molecule has 0 aliphatic carbocycles. The van der Waals surface area contributed by atoms with E-state index < -0.39 is 6.03 Å². The minimum Gasteiger partial charge on any atom is -0.367 e. The first-order chi connectivity index (χ1) is 15.5. The Morgan fingerprint density at radius 3 is 2.28 bits per heavy atom. The van der Waals surface area contributed by atoms with Crippen LogP contribution in [0.1, 0.15) is 0 Å². The summed E-state index contributed by atoms with van der Waals surface area (Å²) in [4.78, 5) is 23.7. The number of halogens is 1. The molecule has 2 aromatic heterocycles. The van der Waals surface area contributed by atoms with Gasteiger partial charge >= 0.3 is 6.03 Å². The van der Waals surface area contributed by atoms with Crippen LogP contribution in [0, 0.1) is 5.82 Å². The fourth-order valence-corrected chi connectivity index (χ4v) is 3.84. The lowest BCUT2D eigenvalue weighted by molar-refractivity contribution is 0.262. The molecule has 0 bridgehead atoms. The highest BCUT2D eigenvalue weighted by atomic mass is 32.1. The Kier molecular flexibility index (Phi) is 6.58. The number of carbonyl (C=O) groups excluding carboxylic acids is 1. The number of nitrogens with zero attached hydrogens (tertiary/aromatic N) is 3. The molecule has 0 spiro atoms. The molecule has 2 heterocycles. The van der Waals surface area contributed by atoms with Crippen LogP contribution in [0.25, 0.3) is 21.6 Å². The van der Waals surface area contributed by atoms with Crippen LogP contribution in [0.2, 0.25) is 0 Å². The Morgan fingerprint density at radius 1 is 0.969 bits per heavy atom. The first kappa shape index (κ1) is 21.7. The lowest BCUT2D eigenvalue weighted by Crippen LogP contribution is -2.21. The number of likely N-dealkylation sites (N-methyl/N-ethyl adjacent to an activating group) is 1. The number of urea groups is 1. The number of hydrogen-bond acceptors (Lipinski definition) is 6. The smallest absolute Gasteiger partial charge is 0.323 e. The minimum absolute atomic E-state index is 0.356. The third-order valence-corrected chi connectivity index (χ3v) is 5.57. The molecule has 9 heteroatoms. The second kappa shape index (κ2) is 9.71. The zero-order chi connectivity index (χ0) is 22.5. The van der Waals surface area contributed by atoms with Crippen molar-refractivity contribution in [1.29, 1.82) is 0 Å². The summed E-state index contributed by atoms with van der Waals surface area (Å²) in [5, 5.41) is 10.8. The number of rotatable bonds is 7. The molecule has 7 nitrogen and oxygen atoms in total. The van der Waals surface area contributed by atoms with Gasteiger partial charge in [-0.3, -0.25) is 0 Å². The van der Waals surface area contributed by atoms with Gasteiger partial charge in [0.25, 0.3) is 0 Å². The van der Waals surface area contributed by atoms with Gasteiger partial charge in [-0.15, -0.1) is 11.3 Å². The summed E-state index contributed by atoms with van der Waals surface area (Å²) < 4.78 is 14.0. The van der Waals surface area contributed by atoms with Gasteiger partial charge in [0.2, 0.25) is 0 Å². The SMILES string of the molecule is CN(C)CCNc1nc(-c2ccc(NC(=O)Nc3ccc(F)cc3)cc2)nc2ccsc12. The predicted molar refractivity (Wildman–Crippen MR) is 129 cm³/mol. The van der Waals surface area contributed by atoms with Crippen LogP contribution in [-0.2, 0) is 0 Å². The molecule has 0 radical (unpaired) electrons. The lowest BCUT2D eigenvalue weighted by Gasteiger charge is -2.12. The molecule has 2 aromatic carbocycles. The maximum absolute atomic E-state index is 13.0. The van der Waals surface area contributed by atoms with E-state index in [2.05, 4.69) is 25.8 Å². The number of amides is 2. The van der Waals surface area contributed by atoms with Gasteiger partial charge in [0, 0.05) is 30.0 Å². The third-order valence-electron chi connectivity index (χ3n) is 4.66. The summed E-state index contributed by atoms with van der Waals surface area (Å²) in [6, 6.07) is 14.5. The predicted octanol–water partition coefficient (Wildman–Crippen LogP) is 5.11. The number of nitrogens with one attached hydrogen (secondary N) is 3. The number of thiophene rings is 1. The quantitative estimate of drug-likeness (QED) is 0.364. The summed E-state index contributed by atoms with van der Waals surface area (Å²) in [7, 11) is 4.06. The number of carbonyl (C=O) groups is 1. The van der Waals surface area contributed by atoms with Crippen molar-refractivity contribution in [3.05, 3.63) is 65.8 Å². The van der Waals surface area contributed by atoms with E-state index in [0.717, 1.165) is 34.7 Å². The Labute approximate surface area is 189 Å². The number of fused-ring (bicyclic) bond motifs is 1. The van der Waals surface area contributed by atoms with Crippen LogP contribution < -0.4 is 16.0 Å². The summed E-state index contributed by atoms with van der Waals surface area (Å²) in [6.45, 7) is 1.68.